The Balaban J connectivity index is 2.23. The molecule has 0 unspecified atom stereocenters. The molecule has 1 saturated carbocycles. The van der Waals surface area contributed by atoms with Gasteiger partial charge in [-0.05, 0) is 31.0 Å². The van der Waals surface area contributed by atoms with Crippen molar-refractivity contribution in [2.75, 3.05) is 13.1 Å². The van der Waals surface area contributed by atoms with E-state index in [-0.39, 0.29) is 11.6 Å². The fraction of sp³-hybridized carbons (Fsp3) is 0.533. The first kappa shape index (κ1) is 14.9. The van der Waals surface area contributed by atoms with Gasteiger partial charge in [0, 0.05) is 19.1 Å². The Morgan fingerprint density at radius 2 is 1.95 bits per heavy atom. The number of benzene rings is 1. The Kier molecular flexibility index (Phi) is 5.06. The molecular weight excluding hydrogens is 262 g/mol. The predicted octanol–water partition coefficient (Wildman–Crippen LogP) is 2.70. The minimum Gasteiger partial charge on any atom is -0.334 e. The van der Waals surface area contributed by atoms with Gasteiger partial charge in [-0.15, -0.1) is 0 Å². The van der Waals surface area contributed by atoms with Gasteiger partial charge in [0.1, 0.15) is 11.6 Å². The van der Waals surface area contributed by atoms with Crippen LogP contribution < -0.4 is 5.73 Å². The molecule has 1 fully saturated rings. The van der Waals surface area contributed by atoms with Crippen molar-refractivity contribution in [3.63, 3.8) is 0 Å². The van der Waals surface area contributed by atoms with Gasteiger partial charge < -0.3 is 10.6 Å². The molecule has 0 radical (unpaired) electrons. The number of rotatable bonds is 4. The van der Waals surface area contributed by atoms with Crippen LogP contribution in [0.3, 0.4) is 0 Å². The molecule has 1 aromatic carbocycles. The van der Waals surface area contributed by atoms with Crippen molar-refractivity contribution in [1.29, 1.82) is 0 Å². The number of carbonyl (C=O) groups excluding carboxylic acids is 1. The van der Waals surface area contributed by atoms with Crippen molar-refractivity contribution in [2.24, 2.45) is 5.73 Å². The van der Waals surface area contributed by atoms with Gasteiger partial charge in [0.25, 0.3) is 5.91 Å². The summed E-state index contributed by atoms with van der Waals surface area (Å²) in [6, 6.07) is 3.05. The van der Waals surface area contributed by atoms with Crippen LogP contribution in [0.5, 0.6) is 0 Å². The number of halogens is 2. The summed E-state index contributed by atoms with van der Waals surface area (Å²) in [5.41, 5.74) is 5.35. The average Bonchev–Trinajstić information content (AvgIpc) is 2.47. The third-order valence-corrected chi connectivity index (χ3v) is 3.81. The van der Waals surface area contributed by atoms with E-state index in [2.05, 4.69) is 0 Å². The fourth-order valence-corrected chi connectivity index (χ4v) is 2.80. The number of nitrogens with two attached hydrogens (primary N) is 1. The topological polar surface area (TPSA) is 46.3 Å². The van der Waals surface area contributed by atoms with Gasteiger partial charge in [-0.3, -0.25) is 4.79 Å². The molecule has 1 aliphatic rings. The monoisotopic (exact) mass is 282 g/mol. The van der Waals surface area contributed by atoms with E-state index in [1.807, 2.05) is 0 Å². The number of hydrogen-bond donors (Lipinski definition) is 1. The predicted molar refractivity (Wildman–Crippen MR) is 73.3 cm³/mol. The largest absolute Gasteiger partial charge is 0.334 e. The van der Waals surface area contributed by atoms with Crippen molar-refractivity contribution < 1.29 is 13.6 Å². The van der Waals surface area contributed by atoms with Crippen molar-refractivity contribution in [2.45, 2.75) is 38.1 Å². The van der Waals surface area contributed by atoms with Gasteiger partial charge in [0.15, 0.2) is 0 Å². The van der Waals surface area contributed by atoms with Crippen LogP contribution in [0.25, 0.3) is 0 Å². The van der Waals surface area contributed by atoms with Crippen LogP contribution in [0.1, 0.15) is 42.5 Å². The SMILES string of the molecule is NCCN(C(=O)c1cc(F)ccc1F)C1CCCCC1. The highest BCUT2D eigenvalue weighted by atomic mass is 19.1. The zero-order valence-corrected chi connectivity index (χ0v) is 11.4. The van der Waals surface area contributed by atoms with Crippen LogP contribution in [0.4, 0.5) is 8.78 Å². The maximum Gasteiger partial charge on any atom is 0.257 e. The summed E-state index contributed by atoms with van der Waals surface area (Å²) in [4.78, 5) is 14.1. The maximum atomic E-state index is 13.7. The molecule has 0 aliphatic heterocycles. The minimum absolute atomic E-state index is 0.0856. The minimum atomic E-state index is -0.686. The molecule has 1 amide bonds. The Labute approximate surface area is 117 Å². The molecular formula is C15H20F2N2O. The van der Waals surface area contributed by atoms with E-state index in [1.165, 1.54) is 0 Å². The fourth-order valence-electron chi connectivity index (χ4n) is 2.80. The highest BCUT2D eigenvalue weighted by Crippen LogP contribution is 2.24. The van der Waals surface area contributed by atoms with Gasteiger partial charge >= 0.3 is 0 Å². The van der Waals surface area contributed by atoms with Crippen LogP contribution in [0, 0.1) is 11.6 Å². The highest BCUT2D eigenvalue weighted by molar-refractivity contribution is 5.94. The lowest BCUT2D eigenvalue weighted by Crippen LogP contribution is -2.44. The molecule has 3 nitrogen and oxygen atoms in total. The van der Waals surface area contributed by atoms with Crippen molar-refractivity contribution >= 4 is 5.91 Å². The second kappa shape index (κ2) is 6.79. The maximum absolute atomic E-state index is 13.7. The summed E-state index contributed by atoms with van der Waals surface area (Å²) in [5, 5.41) is 0. The molecule has 110 valence electrons. The second-order valence-electron chi connectivity index (χ2n) is 5.20. The lowest BCUT2D eigenvalue weighted by atomic mass is 9.93. The number of carbonyl (C=O) groups is 1. The number of nitrogens with zero attached hydrogens (tertiary/aromatic N) is 1. The van der Waals surface area contributed by atoms with E-state index in [0.717, 1.165) is 50.3 Å². The molecule has 0 aromatic heterocycles. The molecule has 0 spiro atoms. The van der Waals surface area contributed by atoms with E-state index >= 15 is 0 Å². The molecule has 0 atom stereocenters. The molecule has 0 bridgehead atoms. The van der Waals surface area contributed by atoms with E-state index in [9.17, 15) is 13.6 Å². The molecule has 1 aliphatic carbocycles. The summed E-state index contributed by atoms with van der Waals surface area (Å²) in [5.74, 6) is -1.75. The molecule has 5 heteroatoms. The molecule has 2 N–H and O–H groups in total. The van der Waals surface area contributed by atoms with Crippen molar-refractivity contribution in [3.05, 3.63) is 35.4 Å². The van der Waals surface area contributed by atoms with Gasteiger partial charge in [-0.1, -0.05) is 19.3 Å². The first-order valence-electron chi connectivity index (χ1n) is 7.09. The molecule has 1 aromatic rings. The van der Waals surface area contributed by atoms with E-state index in [1.54, 1.807) is 4.90 Å². The molecule has 0 heterocycles. The van der Waals surface area contributed by atoms with Crippen molar-refractivity contribution in [3.8, 4) is 0 Å². The third-order valence-electron chi connectivity index (χ3n) is 3.81. The molecule has 2 rings (SSSR count). The Morgan fingerprint density at radius 3 is 2.60 bits per heavy atom. The number of amides is 1. The van der Waals surface area contributed by atoms with Gasteiger partial charge in [-0.25, -0.2) is 8.78 Å². The summed E-state index contributed by atoms with van der Waals surface area (Å²) in [6.45, 7) is 0.693. The van der Waals surface area contributed by atoms with Gasteiger partial charge in [0.2, 0.25) is 0 Å². The lowest BCUT2D eigenvalue weighted by Gasteiger charge is -2.34. The zero-order chi connectivity index (χ0) is 14.5. The van der Waals surface area contributed by atoms with Gasteiger partial charge in [-0.2, -0.15) is 0 Å². The first-order valence-corrected chi connectivity index (χ1v) is 7.09. The van der Waals surface area contributed by atoms with Crippen LogP contribution >= 0.6 is 0 Å². The Hall–Kier alpha value is -1.49. The Morgan fingerprint density at radius 1 is 1.25 bits per heavy atom. The van der Waals surface area contributed by atoms with Crippen LogP contribution in [0.2, 0.25) is 0 Å². The van der Waals surface area contributed by atoms with Crippen molar-refractivity contribution in [1.82, 2.24) is 4.90 Å². The van der Waals surface area contributed by atoms with E-state index in [4.69, 9.17) is 5.73 Å². The summed E-state index contributed by atoms with van der Waals surface area (Å²) in [7, 11) is 0. The van der Waals surface area contributed by atoms with Crippen LogP contribution in [0.15, 0.2) is 18.2 Å². The zero-order valence-electron chi connectivity index (χ0n) is 11.4. The quantitative estimate of drug-likeness (QED) is 0.923. The van der Waals surface area contributed by atoms with Gasteiger partial charge in [0.05, 0.1) is 5.56 Å². The normalized spacial score (nSPS) is 16.1. The average molecular weight is 282 g/mol. The van der Waals surface area contributed by atoms with E-state index in [0.29, 0.717) is 13.1 Å². The summed E-state index contributed by atoms with van der Waals surface area (Å²) >= 11 is 0. The second-order valence-corrected chi connectivity index (χ2v) is 5.20. The highest BCUT2D eigenvalue weighted by Gasteiger charge is 2.27. The number of hydrogen-bond acceptors (Lipinski definition) is 2. The smallest absolute Gasteiger partial charge is 0.257 e. The van der Waals surface area contributed by atoms with E-state index < -0.39 is 17.5 Å². The van der Waals surface area contributed by atoms with Crippen LogP contribution in [-0.4, -0.2) is 29.9 Å². The summed E-state index contributed by atoms with van der Waals surface area (Å²) in [6.07, 6.45) is 5.09. The summed E-state index contributed by atoms with van der Waals surface area (Å²) < 4.78 is 27.0. The lowest BCUT2D eigenvalue weighted by molar-refractivity contribution is 0.0636. The Bertz CT molecular complexity index is 473. The molecule has 0 saturated heterocycles. The van der Waals surface area contributed by atoms with Crippen LogP contribution in [-0.2, 0) is 0 Å². The first-order chi connectivity index (χ1) is 9.63. The third kappa shape index (κ3) is 3.33. The standard InChI is InChI=1S/C15H20F2N2O/c16-11-6-7-14(17)13(10-11)15(20)19(9-8-18)12-4-2-1-3-5-12/h6-7,10,12H,1-5,8-9,18H2. The molecule has 20 heavy (non-hydrogen) atoms.